The molecule has 0 saturated carbocycles. The zero-order valence-corrected chi connectivity index (χ0v) is 9.26. The van der Waals surface area contributed by atoms with Gasteiger partial charge in [0.15, 0.2) is 0 Å². The van der Waals surface area contributed by atoms with Crippen LogP contribution in [-0.4, -0.2) is 23.3 Å². The van der Waals surface area contributed by atoms with E-state index in [1.165, 1.54) is 6.20 Å². The lowest BCUT2D eigenvalue weighted by atomic mass is 10.1. The Morgan fingerprint density at radius 1 is 1.35 bits per heavy atom. The first-order valence-corrected chi connectivity index (χ1v) is 5.38. The summed E-state index contributed by atoms with van der Waals surface area (Å²) < 4.78 is 5.56. The van der Waals surface area contributed by atoms with E-state index < -0.39 is 0 Å². The van der Waals surface area contributed by atoms with Crippen molar-refractivity contribution in [3.05, 3.63) is 36.0 Å². The van der Waals surface area contributed by atoms with Crippen LogP contribution in [-0.2, 0) is 0 Å². The molecule has 2 aromatic rings. The molecule has 0 atom stereocenters. The Balaban J connectivity index is 2.45. The average Bonchev–Trinajstić information content (AvgIpc) is 2.39. The number of hydrogen-bond donors (Lipinski definition) is 1. The van der Waals surface area contributed by atoms with Gasteiger partial charge in [0.2, 0.25) is 0 Å². The van der Waals surface area contributed by atoms with Crippen LogP contribution in [0.4, 0.5) is 0 Å². The number of aliphatic hydroxyl groups excluding tert-OH is 1. The Hall–Kier alpha value is -2.12. The average molecular weight is 228 g/mol. The Kier molecular flexibility index (Phi) is 3.53. The molecule has 0 aliphatic carbocycles. The molecule has 0 radical (unpaired) electrons. The van der Waals surface area contributed by atoms with Crippen molar-refractivity contribution in [2.75, 3.05) is 13.2 Å². The minimum absolute atomic E-state index is 0.0743. The Morgan fingerprint density at radius 2 is 2.18 bits per heavy atom. The number of ether oxygens (including phenoxy) is 1. The lowest BCUT2D eigenvalue weighted by Gasteiger charge is -2.09. The second kappa shape index (κ2) is 5.28. The van der Waals surface area contributed by atoms with Gasteiger partial charge in [0.1, 0.15) is 17.4 Å². The van der Waals surface area contributed by atoms with Gasteiger partial charge in [-0.25, -0.2) is 0 Å². The Bertz CT molecular complexity index is 561. The summed E-state index contributed by atoms with van der Waals surface area (Å²) in [6, 6.07) is 9.57. The summed E-state index contributed by atoms with van der Waals surface area (Å²) in [5.41, 5.74) is 1.21. The summed E-state index contributed by atoms with van der Waals surface area (Å²) in [5.74, 6) is 0.548. The molecule has 0 amide bonds. The van der Waals surface area contributed by atoms with E-state index in [0.29, 0.717) is 24.3 Å². The maximum Gasteiger partial charge on any atom is 0.148 e. The van der Waals surface area contributed by atoms with Gasteiger partial charge < -0.3 is 9.84 Å². The van der Waals surface area contributed by atoms with Gasteiger partial charge in [-0.3, -0.25) is 4.98 Å². The molecule has 86 valence electrons. The van der Waals surface area contributed by atoms with Crippen molar-refractivity contribution in [2.24, 2.45) is 0 Å². The largest absolute Gasteiger partial charge is 0.491 e. The molecule has 0 saturated heterocycles. The van der Waals surface area contributed by atoms with Crippen LogP contribution in [0.1, 0.15) is 12.0 Å². The predicted octanol–water partition coefficient (Wildman–Crippen LogP) is 1.87. The quantitative estimate of drug-likeness (QED) is 0.811. The van der Waals surface area contributed by atoms with E-state index in [2.05, 4.69) is 11.1 Å². The van der Waals surface area contributed by atoms with Gasteiger partial charge in [-0.2, -0.15) is 5.26 Å². The Morgan fingerprint density at radius 3 is 2.94 bits per heavy atom. The van der Waals surface area contributed by atoms with Gasteiger partial charge in [0.25, 0.3) is 0 Å². The van der Waals surface area contributed by atoms with Gasteiger partial charge in [0, 0.05) is 24.6 Å². The smallest absolute Gasteiger partial charge is 0.148 e. The maximum atomic E-state index is 9.02. The van der Waals surface area contributed by atoms with E-state index in [-0.39, 0.29) is 6.61 Å². The Labute approximate surface area is 99.1 Å². The molecule has 1 heterocycles. The van der Waals surface area contributed by atoms with Gasteiger partial charge in [-0.15, -0.1) is 0 Å². The standard InChI is InChI=1S/C13H12N2O2/c14-8-10-9-15-12-5-2-1-4-11(12)13(10)17-7-3-6-16/h1-2,4-5,9,16H,3,6-7H2. The summed E-state index contributed by atoms with van der Waals surface area (Å²) in [7, 11) is 0. The van der Waals surface area contributed by atoms with Crippen molar-refractivity contribution in [3.63, 3.8) is 0 Å². The number of aromatic nitrogens is 1. The number of benzene rings is 1. The first-order valence-electron chi connectivity index (χ1n) is 5.38. The molecule has 17 heavy (non-hydrogen) atoms. The highest BCUT2D eigenvalue weighted by atomic mass is 16.5. The second-order valence-electron chi connectivity index (χ2n) is 3.56. The highest BCUT2D eigenvalue weighted by Crippen LogP contribution is 2.27. The summed E-state index contributed by atoms with van der Waals surface area (Å²) in [6.07, 6.45) is 2.05. The van der Waals surface area contributed by atoms with Crippen LogP contribution in [0, 0.1) is 11.3 Å². The highest BCUT2D eigenvalue weighted by molar-refractivity contribution is 5.86. The fourth-order valence-electron chi connectivity index (χ4n) is 1.59. The van der Waals surface area contributed by atoms with Gasteiger partial charge >= 0.3 is 0 Å². The van der Waals surface area contributed by atoms with Crippen molar-refractivity contribution in [1.29, 1.82) is 5.26 Å². The minimum Gasteiger partial charge on any atom is -0.491 e. The number of pyridine rings is 1. The molecule has 0 fully saturated rings. The molecule has 4 nitrogen and oxygen atoms in total. The number of rotatable bonds is 4. The van der Waals surface area contributed by atoms with Gasteiger partial charge in [-0.05, 0) is 12.1 Å². The minimum atomic E-state index is 0.0743. The zero-order chi connectivity index (χ0) is 12.1. The molecule has 0 aliphatic heterocycles. The number of hydrogen-bond acceptors (Lipinski definition) is 4. The van der Waals surface area contributed by atoms with Crippen LogP contribution in [0.15, 0.2) is 30.5 Å². The summed E-state index contributed by atoms with van der Waals surface area (Å²) >= 11 is 0. The SMILES string of the molecule is N#Cc1cnc2ccccc2c1OCCCO. The van der Waals surface area contributed by atoms with Crippen molar-refractivity contribution in [1.82, 2.24) is 4.98 Å². The van der Waals surface area contributed by atoms with E-state index >= 15 is 0 Å². The van der Waals surface area contributed by atoms with Crippen LogP contribution in [0.3, 0.4) is 0 Å². The highest BCUT2D eigenvalue weighted by Gasteiger charge is 2.09. The number of aliphatic hydroxyl groups is 1. The van der Waals surface area contributed by atoms with E-state index in [1.54, 1.807) is 0 Å². The molecule has 2 rings (SSSR count). The van der Waals surface area contributed by atoms with Gasteiger partial charge in [-0.1, -0.05) is 12.1 Å². The number of para-hydroxylation sites is 1. The fourth-order valence-corrected chi connectivity index (χ4v) is 1.59. The van der Waals surface area contributed by atoms with Crippen LogP contribution >= 0.6 is 0 Å². The number of nitrogens with zero attached hydrogens (tertiary/aromatic N) is 2. The molecule has 1 aromatic heterocycles. The fraction of sp³-hybridized carbons (Fsp3) is 0.231. The molecule has 0 unspecified atom stereocenters. The molecule has 0 spiro atoms. The molecule has 0 bridgehead atoms. The van der Waals surface area contributed by atoms with E-state index in [0.717, 1.165) is 10.9 Å². The van der Waals surface area contributed by atoms with Crippen molar-refractivity contribution in [3.8, 4) is 11.8 Å². The molecular weight excluding hydrogens is 216 g/mol. The van der Waals surface area contributed by atoms with Crippen molar-refractivity contribution in [2.45, 2.75) is 6.42 Å². The first-order chi connectivity index (χ1) is 8.36. The maximum absolute atomic E-state index is 9.02. The van der Waals surface area contributed by atoms with Crippen molar-refractivity contribution < 1.29 is 9.84 Å². The lowest BCUT2D eigenvalue weighted by Crippen LogP contribution is -2.02. The monoisotopic (exact) mass is 228 g/mol. The predicted molar refractivity (Wildman–Crippen MR) is 63.7 cm³/mol. The molecule has 4 heteroatoms. The zero-order valence-electron chi connectivity index (χ0n) is 9.26. The van der Waals surface area contributed by atoms with Gasteiger partial charge in [0.05, 0.1) is 12.1 Å². The second-order valence-corrected chi connectivity index (χ2v) is 3.56. The number of nitriles is 1. The molecular formula is C13H12N2O2. The van der Waals surface area contributed by atoms with E-state index in [9.17, 15) is 0 Å². The third-order valence-electron chi connectivity index (χ3n) is 2.40. The van der Waals surface area contributed by atoms with E-state index in [4.69, 9.17) is 15.1 Å². The summed E-state index contributed by atoms with van der Waals surface area (Å²) in [4.78, 5) is 4.19. The number of fused-ring (bicyclic) bond motifs is 1. The van der Waals surface area contributed by atoms with Crippen molar-refractivity contribution >= 4 is 10.9 Å². The third kappa shape index (κ3) is 2.35. The third-order valence-corrected chi connectivity index (χ3v) is 2.40. The van der Waals surface area contributed by atoms with Crippen LogP contribution in [0.2, 0.25) is 0 Å². The summed E-state index contributed by atoms with van der Waals surface area (Å²) in [6.45, 7) is 0.462. The molecule has 0 aliphatic rings. The first kappa shape index (κ1) is 11.4. The van der Waals surface area contributed by atoms with E-state index in [1.807, 2.05) is 24.3 Å². The van der Waals surface area contributed by atoms with Crippen LogP contribution in [0.5, 0.6) is 5.75 Å². The normalized spacial score (nSPS) is 10.1. The topological polar surface area (TPSA) is 66.1 Å². The lowest BCUT2D eigenvalue weighted by molar-refractivity contribution is 0.234. The van der Waals surface area contributed by atoms with Crippen LogP contribution in [0.25, 0.3) is 10.9 Å². The van der Waals surface area contributed by atoms with Crippen LogP contribution < -0.4 is 4.74 Å². The molecule has 1 N–H and O–H groups in total. The summed E-state index contributed by atoms with van der Waals surface area (Å²) in [5, 5.41) is 18.6. The molecule has 1 aromatic carbocycles.